The number of anilines is 2. The van der Waals surface area contributed by atoms with Crippen molar-refractivity contribution in [2.24, 2.45) is 0 Å². The first-order chi connectivity index (χ1) is 11.3. The van der Waals surface area contributed by atoms with Gasteiger partial charge in [0.2, 0.25) is 10.0 Å². The van der Waals surface area contributed by atoms with E-state index in [2.05, 4.69) is 4.72 Å². The lowest BCUT2D eigenvalue weighted by atomic mass is 10.1. The van der Waals surface area contributed by atoms with Crippen molar-refractivity contribution in [1.29, 1.82) is 0 Å². The minimum absolute atomic E-state index is 0.0579. The molecule has 5 nitrogen and oxygen atoms in total. The monoisotopic (exact) mass is 364 g/mol. The predicted octanol–water partition coefficient (Wildman–Crippen LogP) is 3.30. The molecule has 1 aliphatic rings. The summed E-state index contributed by atoms with van der Waals surface area (Å²) in [5.41, 5.74) is 2.72. The molecule has 3 rings (SSSR count). The summed E-state index contributed by atoms with van der Waals surface area (Å²) < 4.78 is 25.0. The van der Waals surface area contributed by atoms with Crippen molar-refractivity contribution in [2.75, 3.05) is 15.9 Å². The van der Waals surface area contributed by atoms with E-state index in [-0.39, 0.29) is 22.7 Å². The Kier molecular flexibility index (Phi) is 4.27. The van der Waals surface area contributed by atoms with Gasteiger partial charge in [-0.3, -0.25) is 9.52 Å². The van der Waals surface area contributed by atoms with Crippen LogP contribution in [0.4, 0.5) is 11.4 Å². The third kappa shape index (κ3) is 3.25. The number of carbonyl (C=O) groups is 1. The highest BCUT2D eigenvalue weighted by molar-refractivity contribution is 7.92. The molecule has 24 heavy (non-hydrogen) atoms. The van der Waals surface area contributed by atoms with E-state index in [1.54, 1.807) is 11.0 Å². The SMILES string of the molecule is C[C@H]1Cc2ccccc2N1C(=O)c1ccc(NS(C)(=O)=O)c(Cl)c1. The smallest absolute Gasteiger partial charge is 0.258 e. The molecule has 0 aliphatic carbocycles. The minimum Gasteiger partial charge on any atom is -0.305 e. The number of fused-ring (bicyclic) bond motifs is 1. The summed E-state index contributed by atoms with van der Waals surface area (Å²) in [6, 6.07) is 12.4. The van der Waals surface area contributed by atoms with Gasteiger partial charge in [-0.2, -0.15) is 0 Å². The molecule has 0 spiro atoms. The number of benzene rings is 2. The minimum atomic E-state index is -3.43. The van der Waals surface area contributed by atoms with Crippen molar-refractivity contribution in [3.05, 3.63) is 58.6 Å². The molecule has 0 saturated carbocycles. The van der Waals surface area contributed by atoms with Crippen LogP contribution in [-0.4, -0.2) is 26.6 Å². The van der Waals surface area contributed by atoms with Crippen LogP contribution in [-0.2, 0) is 16.4 Å². The molecule has 7 heteroatoms. The van der Waals surface area contributed by atoms with Gasteiger partial charge in [0.1, 0.15) is 0 Å². The van der Waals surface area contributed by atoms with E-state index in [9.17, 15) is 13.2 Å². The summed E-state index contributed by atoms with van der Waals surface area (Å²) in [6.07, 6.45) is 1.86. The molecule has 0 unspecified atom stereocenters. The summed E-state index contributed by atoms with van der Waals surface area (Å²) in [7, 11) is -3.43. The van der Waals surface area contributed by atoms with Gasteiger partial charge < -0.3 is 4.90 Å². The van der Waals surface area contributed by atoms with E-state index in [0.717, 1.165) is 23.9 Å². The van der Waals surface area contributed by atoms with Gasteiger partial charge in [-0.15, -0.1) is 0 Å². The van der Waals surface area contributed by atoms with Gasteiger partial charge in [0, 0.05) is 17.3 Å². The number of hydrogen-bond donors (Lipinski definition) is 1. The summed E-state index contributed by atoms with van der Waals surface area (Å²) in [4.78, 5) is 14.7. The number of rotatable bonds is 3. The van der Waals surface area contributed by atoms with Gasteiger partial charge in [0.15, 0.2) is 0 Å². The first-order valence-corrected chi connectivity index (χ1v) is 9.72. The second-order valence-electron chi connectivity index (χ2n) is 5.93. The molecule has 0 radical (unpaired) electrons. The van der Waals surface area contributed by atoms with Crippen LogP contribution in [0.15, 0.2) is 42.5 Å². The summed E-state index contributed by atoms with van der Waals surface area (Å²) in [5.74, 6) is -0.153. The van der Waals surface area contributed by atoms with Crippen molar-refractivity contribution in [2.45, 2.75) is 19.4 Å². The zero-order valence-corrected chi connectivity index (χ0v) is 14.9. The van der Waals surface area contributed by atoms with Crippen LogP contribution in [0.2, 0.25) is 5.02 Å². The lowest BCUT2D eigenvalue weighted by Crippen LogP contribution is -2.35. The quantitative estimate of drug-likeness (QED) is 0.908. The highest BCUT2D eigenvalue weighted by atomic mass is 35.5. The molecule has 1 atom stereocenters. The van der Waals surface area contributed by atoms with E-state index in [0.29, 0.717) is 5.56 Å². The van der Waals surface area contributed by atoms with Gasteiger partial charge in [-0.1, -0.05) is 29.8 Å². The molecule has 0 saturated heterocycles. The number of hydrogen-bond acceptors (Lipinski definition) is 3. The topological polar surface area (TPSA) is 66.5 Å². The van der Waals surface area contributed by atoms with Crippen LogP contribution in [0.1, 0.15) is 22.8 Å². The second kappa shape index (κ2) is 6.11. The molecular formula is C17H17ClN2O3S. The van der Waals surface area contributed by atoms with E-state index in [4.69, 9.17) is 11.6 Å². The van der Waals surface area contributed by atoms with Crippen molar-refractivity contribution >= 4 is 38.9 Å². The largest absolute Gasteiger partial charge is 0.305 e. The first-order valence-electron chi connectivity index (χ1n) is 7.45. The number of halogens is 1. The molecule has 0 aromatic heterocycles. The number of nitrogens with one attached hydrogen (secondary N) is 1. The number of nitrogens with zero attached hydrogens (tertiary/aromatic N) is 1. The van der Waals surface area contributed by atoms with Crippen LogP contribution in [0.3, 0.4) is 0 Å². The third-order valence-electron chi connectivity index (χ3n) is 3.94. The maximum atomic E-state index is 12.9. The van der Waals surface area contributed by atoms with Crippen molar-refractivity contribution in [1.82, 2.24) is 0 Å². The van der Waals surface area contributed by atoms with Crippen molar-refractivity contribution in [3.63, 3.8) is 0 Å². The third-order valence-corrected chi connectivity index (χ3v) is 4.84. The summed E-state index contributed by atoms with van der Waals surface area (Å²) >= 11 is 6.13. The number of carbonyl (C=O) groups excluding carboxylic acids is 1. The Labute approximate surface area is 146 Å². The van der Waals surface area contributed by atoms with Crippen LogP contribution >= 0.6 is 11.6 Å². The van der Waals surface area contributed by atoms with Crippen LogP contribution < -0.4 is 9.62 Å². The molecule has 2 aromatic carbocycles. The molecule has 2 aromatic rings. The van der Waals surface area contributed by atoms with Gasteiger partial charge in [-0.05, 0) is 43.2 Å². The standard InChI is InChI=1S/C17H17ClN2O3S/c1-11-9-12-5-3-4-6-16(12)20(11)17(21)13-7-8-15(14(18)10-13)19-24(2,22)23/h3-8,10-11,19H,9H2,1-2H3/t11-/m0/s1. The molecule has 0 bridgehead atoms. The molecule has 1 amide bonds. The number of para-hydroxylation sites is 1. The maximum absolute atomic E-state index is 12.9. The zero-order chi connectivity index (χ0) is 17.5. The fraction of sp³-hybridized carbons (Fsp3) is 0.235. The molecule has 1 aliphatic heterocycles. The molecular weight excluding hydrogens is 348 g/mol. The summed E-state index contributed by atoms with van der Waals surface area (Å²) in [6.45, 7) is 2.00. The average molecular weight is 365 g/mol. The van der Waals surface area contributed by atoms with Gasteiger partial charge >= 0.3 is 0 Å². The van der Waals surface area contributed by atoms with Crippen LogP contribution in [0.5, 0.6) is 0 Å². The number of amides is 1. The van der Waals surface area contributed by atoms with Crippen LogP contribution in [0.25, 0.3) is 0 Å². The lowest BCUT2D eigenvalue weighted by molar-refractivity contribution is 0.0981. The van der Waals surface area contributed by atoms with E-state index in [1.807, 2.05) is 31.2 Å². The summed E-state index contributed by atoms with van der Waals surface area (Å²) in [5, 5.41) is 0.186. The highest BCUT2D eigenvalue weighted by Crippen LogP contribution is 2.34. The van der Waals surface area contributed by atoms with Crippen molar-refractivity contribution < 1.29 is 13.2 Å². The second-order valence-corrected chi connectivity index (χ2v) is 8.08. The van der Waals surface area contributed by atoms with E-state index >= 15 is 0 Å². The highest BCUT2D eigenvalue weighted by Gasteiger charge is 2.31. The van der Waals surface area contributed by atoms with Crippen LogP contribution in [0, 0.1) is 0 Å². The Hall–Kier alpha value is -2.05. The van der Waals surface area contributed by atoms with Gasteiger partial charge in [-0.25, -0.2) is 8.42 Å². The average Bonchev–Trinajstić information content (AvgIpc) is 2.83. The Bertz CT molecular complexity index is 912. The Balaban J connectivity index is 1.92. The first kappa shape index (κ1) is 16.8. The Morgan fingerprint density at radius 3 is 2.62 bits per heavy atom. The molecule has 126 valence electrons. The molecule has 1 heterocycles. The van der Waals surface area contributed by atoms with E-state index < -0.39 is 10.0 Å². The van der Waals surface area contributed by atoms with E-state index in [1.165, 1.54) is 12.1 Å². The Morgan fingerprint density at radius 1 is 1.25 bits per heavy atom. The molecule has 0 fully saturated rings. The fourth-order valence-corrected chi connectivity index (χ4v) is 3.81. The number of sulfonamides is 1. The fourth-order valence-electron chi connectivity index (χ4n) is 2.94. The Morgan fingerprint density at radius 2 is 1.96 bits per heavy atom. The lowest BCUT2D eigenvalue weighted by Gasteiger charge is -2.23. The molecule has 1 N–H and O–H groups in total. The normalized spacial score (nSPS) is 16.8. The maximum Gasteiger partial charge on any atom is 0.258 e. The van der Waals surface area contributed by atoms with Gasteiger partial charge in [0.25, 0.3) is 5.91 Å². The predicted molar refractivity (Wildman–Crippen MR) is 96.3 cm³/mol. The zero-order valence-electron chi connectivity index (χ0n) is 13.3. The van der Waals surface area contributed by atoms with Crippen molar-refractivity contribution in [3.8, 4) is 0 Å². The van der Waals surface area contributed by atoms with Gasteiger partial charge in [0.05, 0.1) is 17.0 Å².